The molecule has 0 radical (unpaired) electrons. The van der Waals surface area contributed by atoms with Crippen LogP contribution >= 0.6 is 11.6 Å². The molecule has 1 aromatic carbocycles. The van der Waals surface area contributed by atoms with Gasteiger partial charge in [-0.1, -0.05) is 43.6 Å². The number of fused-ring (bicyclic) bond motifs is 2. The summed E-state index contributed by atoms with van der Waals surface area (Å²) in [5, 5.41) is 0.947. The molecular weight excluding hydrogens is 386 g/mol. The average molecular weight is 414 g/mol. The van der Waals surface area contributed by atoms with Crippen molar-refractivity contribution in [3.05, 3.63) is 64.8 Å². The Balaban J connectivity index is 1.69. The number of nitrogens with zero attached hydrogens (tertiary/aromatic N) is 3. The summed E-state index contributed by atoms with van der Waals surface area (Å²) in [6.07, 6.45) is -3.68. The van der Waals surface area contributed by atoms with Crippen LogP contribution in [0.1, 0.15) is 63.2 Å². The summed E-state index contributed by atoms with van der Waals surface area (Å²) >= 11 is 5.99. The van der Waals surface area contributed by atoms with Crippen LogP contribution in [0.15, 0.2) is 48.5 Å². The van der Waals surface area contributed by atoms with Crippen LogP contribution in [0.25, 0.3) is 11.0 Å². The van der Waals surface area contributed by atoms with Gasteiger partial charge in [0.05, 0.1) is 6.04 Å². The Morgan fingerprint density at radius 3 is 2.90 bits per heavy atom. The molecule has 2 unspecified atom stereocenters. The summed E-state index contributed by atoms with van der Waals surface area (Å²) in [5.74, 6) is -3.23. The predicted octanol–water partition coefficient (Wildman–Crippen LogP) is 5.38. The number of pyridine rings is 2. The van der Waals surface area contributed by atoms with E-state index in [1.807, 2.05) is 0 Å². The molecule has 1 aliphatic rings. The molecule has 0 N–H and O–H groups in total. The SMILES string of the molecule is [2H]C([2H])([2H])C([2H])(C)C([2H])([2H])CC(=O)CC1c2ccccc2C(=O)N1c1ccc2ccc(Cl)nc2n1. The smallest absolute Gasteiger partial charge is 0.260 e. The van der Waals surface area contributed by atoms with Crippen molar-refractivity contribution in [2.45, 2.75) is 39.0 Å². The molecule has 148 valence electrons. The first-order chi connectivity index (χ1) is 16.2. The van der Waals surface area contributed by atoms with E-state index in [0.717, 1.165) is 6.92 Å². The van der Waals surface area contributed by atoms with Gasteiger partial charge in [-0.25, -0.2) is 9.97 Å². The van der Waals surface area contributed by atoms with Crippen molar-refractivity contribution in [2.24, 2.45) is 5.89 Å². The van der Waals surface area contributed by atoms with Gasteiger partial charge in [0.25, 0.3) is 5.91 Å². The number of hydrogen-bond donors (Lipinski definition) is 0. The van der Waals surface area contributed by atoms with Gasteiger partial charge in [-0.15, -0.1) is 0 Å². The lowest BCUT2D eigenvalue weighted by molar-refractivity contribution is -0.119. The highest BCUT2D eigenvalue weighted by atomic mass is 35.5. The normalized spacial score (nSPS) is 21.9. The number of ketones is 1. The van der Waals surface area contributed by atoms with Crippen molar-refractivity contribution in [3.63, 3.8) is 0 Å². The molecule has 4 rings (SSSR count). The van der Waals surface area contributed by atoms with Crippen LogP contribution in [-0.2, 0) is 4.79 Å². The summed E-state index contributed by atoms with van der Waals surface area (Å²) in [6, 6.07) is 12.7. The van der Waals surface area contributed by atoms with Gasteiger partial charge in [0.2, 0.25) is 0 Å². The molecule has 3 heterocycles. The monoisotopic (exact) mass is 413 g/mol. The Morgan fingerprint density at radius 2 is 2.07 bits per heavy atom. The second-order valence-electron chi connectivity index (χ2n) is 6.85. The van der Waals surface area contributed by atoms with Crippen LogP contribution in [0.3, 0.4) is 0 Å². The molecule has 1 amide bonds. The molecule has 2 aromatic heterocycles. The number of aromatic nitrogens is 2. The van der Waals surface area contributed by atoms with Crippen molar-refractivity contribution < 1.29 is 17.8 Å². The fourth-order valence-electron chi connectivity index (χ4n) is 3.48. The molecule has 5 nitrogen and oxygen atoms in total. The van der Waals surface area contributed by atoms with E-state index in [0.29, 0.717) is 22.2 Å². The molecule has 0 fully saturated rings. The fourth-order valence-corrected chi connectivity index (χ4v) is 3.62. The van der Waals surface area contributed by atoms with Crippen molar-refractivity contribution in [1.82, 2.24) is 9.97 Å². The molecule has 6 heteroatoms. The first-order valence-corrected chi connectivity index (χ1v) is 9.48. The minimum atomic E-state index is -2.93. The zero-order chi connectivity index (χ0) is 25.8. The number of benzene rings is 1. The minimum Gasteiger partial charge on any atom is -0.300 e. The number of anilines is 1. The zero-order valence-corrected chi connectivity index (χ0v) is 16.4. The topological polar surface area (TPSA) is 63.2 Å². The Labute approximate surface area is 183 Å². The molecule has 1 aliphatic heterocycles. The Kier molecular flexibility index (Phi) is 3.67. The standard InChI is InChI=1S/C23H22ClN3O2/c1-14(2)7-10-16(28)13-19-17-5-3-4-6-18(17)23(29)27(19)21-12-9-15-8-11-20(24)25-22(15)26-21/h3-6,8-9,11-12,14,19H,7,10,13H2,1-2H3/i1D3,7D2,14D. The number of hydrogen-bond acceptors (Lipinski definition) is 4. The number of carbonyl (C=O) groups excluding carboxylic acids is 2. The van der Waals surface area contributed by atoms with Gasteiger partial charge < -0.3 is 0 Å². The van der Waals surface area contributed by atoms with Gasteiger partial charge in [0.1, 0.15) is 16.8 Å². The van der Waals surface area contributed by atoms with Gasteiger partial charge in [0.15, 0.2) is 5.65 Å². The quantitative estimate of drug-likeness (QED) is 0.509. The highest BCUT2D eigenvalue weighted by molar-refractivity contribution is 6.29. The number of carbonyl (C=O) groups is 2. The van der Waals surface area contributed by atoms with Crippen LogP contribution in [0.4, 0.5) is 5.82 Å². The van der Waals surface area contributed by atoms with E-state index in [4.69, 9.17) is 19.8 Å². The Hall–Kier alpha value is -2.79. The summed E-state index contributed by atoms with van der Waals surface area (Å²) in [5.41, 5.74) is 1.29. The van der Waals surface area contributed by atoms with Crippen LogP contribution in [-0.4, -0.2) is 21.7 Å². The van der Waals surface area contributed by atoms with E-state index in [1.165, 1.54) is 4.90 Å². The molecular formula is C23H22ClN3O2. The van der Waals surface area contributed by atoms with Crippen molar-refractivity contribution in [3.8, 4) is 0 Å². The van der Waals surface area contributed by atoms with Gasteiger partial charge in [-0.3, -0.25) is 14.5 Å². The lowest BCUT2D eigenvalue weighted by Gasteiger charge is -2.24. The van der Waals surface area contributed by atoms with Gasteiger partial charge in [-0.05, 0) is 48.2 Å². The molecule has 2 atom stereocenters. The Bertz CT molecular complexity index is 1330. The lowest BCUT2D eigenvalue weighted by Crippen LogP contribution is -2.30. The summed E-state index contributed by atoms with van der Waals surface area (Å²) < 4.78 is 47.0. The predicted molar refractivity (Wildman–Crippen MR) is 114 cm³/mol. The molecule has 3 aromatic rings. The third kappa shape index (κ3) is 3.87. The largest absolute Gasteiger partial charge is 0.300 e. The fraction of sp³-hybridized carbons (Fsp3) is 0.304. The van der Waals surface area contributed by atoms with Gasteiger partial charge in [-0.2, -0.15) is 0 Å². The maximum Gasteiger partial charge on any atom is 0.260 e. The van der Waals surface area contributed by atoms with Crippen molar-refractivity contribution in [2.75, 3.05) is 4.90 Å². The van der Waals surface area contributed by atoms with Crippen molar-refractivity contribution in [1.29, 1.82) is 0 Å². The highest BCUT2D eigenvalue weighted by Crippen LogP contribution is 2.39. The molecule has 29 heavy (non-hydrogen) atoms. The molecule has 0 bridgehead atoms. The number of halogens is 1. The highest BCUT2D eigenvalue weighted by Gasteiger charge is 2.39. The first-order valence-electron chi connectivity index (χ1n) is 12.1. The average Bonchev–Trinajstić information content (AvgIpc) is 3.03. The van der Waals surface area contributed by atoms with E-state index >= 15 is 0 Å². The maximum absolute atomic E-state index is 13.3. The van der Waals surface area contributed by atoms with E-state index in [1.54, 1.807) is 48.5 Å². The summed E-state index contributed by atoms with van der Waals surface area (Å²) in [7, 11) is 0. The minimum absolute atomic E-state index is 0.236. The van der Waals surface area contributed by atoms with Crippen LogP contribution in [0.2, 0.25) is 5.15 Å². The second-order valence-corrected chi connectivity index (χ2v) is 7.24. The second kappa shape index (κ2) is 7.91. The van der Waals surface area contributed by atoms with Gasteiger partial charge >= 0.3 is 0 Å². The molecule has 0 saturated carbocycles. The van der Waals surface area contributed by atoms with E-state index in [9.17, 15) is 9.59 Å². The lowest BCUT2D eigenvalue weighted by atomic mass is 9.97. The maximum atomic E-state index is 13.3. The van der Waals surface area contributed by atoms with Crippen molar-refractivity contribution >= 4 is 40.1 Å². The van der Waals surface area contributed by atoms with Crippen LogP contribution in [0, 0.1) is 5.89 Å². The molecule has 0 aliphatic carbocycles. The summed E-state index contributed by atoms with van der Waals surface area (Å²) in [4.78, 5) is 36.4. The van der Waals surface area contributed by atoms with Gasteiger partial charge in [0, 0.05) is 32.0 Å². The zero-order valence-electron chi connectivity index (χ0n) is 21.6. The van der Waals surface area contributed by atoms with E-state index in [2.05, 4.69) is 9.97 Å². The Morgan fingerprint density at radius 1 is 1.28 bits per heavy atom. The van der Waals surface area contributed by atoms with E-state index < -0.39 is 37.4 Å². The third-order valence-corrected chi connectivity index (χ3v) is 5.01. The van der Waals surface area contributed by atoms with Crippen LogP contribution in [0.5, 0.6) is 0 Å². The first kappa shape index (κ1) is 13.4. The number of amides is 1. The van der Waals surface area contributed by atoms with E-state index in [-0.39, 0.29) is 23.3 Å². The number of rotatable bonds is 6. The molecule has 0 spiro atoms. The number of Topliss-reactive ketones (excluding diaryl/α,β-unsaturated/α-hetero) is 1. The summed E-state index contributed by atoms with van der Waals surface area (Å²) in [6.45, 7) is -1.97. The molecule has 0 saturated heterocycles. The van der Waals surface area contributed by atoms with Crippen LogP contribution < -0.4 is 4.90 Å². The third-order valence-electron chi connectivity index (χ3n) is 4.80.